The van der Waals surface area contributed by atoms with E-state index in [1.165, 1.54) is 6.08 Å². The van der Waals surface area contributed by atoms with Crippen molar-refractivity contribution in [3.8, 4) is 11.5 Å². The summed E-state index contributed by atoms with van der Waals surface area (Å²) in [4.78, 5) is 10.4. The highest BCUT2D eigenvalue weighted by atomic mass is 16.4. The predicted octanol–water partition coefficient (Wildman–Crippen LogP) is 2.45. The van der Waals surface area contributed by atoms with E-state index >= 15 is 0 Å². The molecular formula is C13H12N2O3. The topological polar surface area (TPSA) is 76.2 Å². The van der Waals surface area contributed by atoms with Crippen LogP contribution in [-0.4, -0.2) is 21.3 Å². The standard InChI is InChI=1S/C13H12N2O3/c1-8-3-4-9(2)10(7-8)13-15-14-11(18-13)5-6-12(16)17/h3-7H,1-2H3,(H,16,17)/b6-5-. The first-order chi connectivity index (χ1) is 8.56. The van der Waals surface area contributed by atoms with Crippen LogP contribution < -0.4 is 0 Å². The molecule has 0 aliphatic rings. The molecule has 0 atom stereocenters. The van der Waals surface area contributed by atoms with Gasteiger partial charge in [-0.1, -0.05) is 17.7 Å². The van der Waals surface area contributed by atoms with Crippen LogP contribution in [0, 0.1) is 13.8 Å². The fourth-order valence-electron chi connectivity index (χ4n) is 1.52. The minimum Gasteiger partial charge on any atom is -0.478 e. The van der Waals surface area contributed by atoms with Crippen LogP contribution in [0.25, 0.3) is 17.5 Å². The number of benzene rings is 1. The third-order valence-electron chi connectivity index (χ3n) is 2.43. The van der Waals surface area contributed by atoms with Crippen molar-refractivity contribution in [1.82, 2.24) is 10.2 Å². The normalized spacial score (nSPS) is 11.0. The maximum Gasteiger partial charge on any atom is 0.328 e. The molecule has 5 nitrogen and oxygen atoms in total. The number of carboxylic acids is 1. The number of hydrogen-bond acceptors (Lipinski definition) is 4. The summed E-state index contributed by atoms with van der Waals surface area (Å²) in [6.45, 7) is 3.93. The van der Waals surface area contributed by atoms with E-state index in [1.54, 1.807) is 0 Å². The minimum atomic E-state index is -1.05. The lowest BCUT2D eigenvalue weighted by molar-refractivity contribution is -0.131. The largest absolute Gasteiger partial charge is 0.478 e. The Kier molecular flexibility index (Phi) is 3.23. The number of rotatable bonds is 3. The highest BCUT2D eigenvalue weighted by Gasteiger charge is 2.09. The zero-order chi connectivity index (χ0) is 13.1. The van der Waals surface area contributed by atoms with Crippen LogP contribution in [0.15, 0.2) is 28.7 Å². The van der Waals surface area contributed by atoms with Crippen LogP contribution in [0.3, 0.4) is 0 Å². The van der Waals surface area contributed by atoms with Gasteiger partial charge in [-0.3, -0.25) is 0 Å². The van der Waals surface area contributed by atoms with E-state index in [4.69, 9.17) is 9.52 Å². The zero-order valence-corrected chi connectivity index (χ0v) is 10.0. The number of hydrogen-bond donors (Lipinski definition) is 1. The Labute approximate surface area is 104 Å². The molecule has 0 amide bonds. The third-order valence-corrected chi connectivity index (χ3v) is 2.43. The molecule has 0 spiro atoms. The van der Waals surface area contributed by atoms with Gasteiger partial charge in [-0.15, -0.1) is 10.2 Å². The number of aryl methyl sites for hydroxylation is 2. The molecule has 5 heteroatoms. The lowest BCUT2D eigenvalue weighted by Crippen LogP contribution is -1.85. The van der Waals surface area contributed by atoms with E-state index in [9.17, 15) is 4.79 Å². The Morgan fingerprint density at radius 1 is 1.33 bits per heavy atom. The van der Waals surface area contributed by atoms with Gasteiger partial charge in [0.25, 0.3) is 0 Å². The smallest absolute Gasteiger partial charge is 0.328 e. The van der Waals surface area contributed by atoms with Gasteiger partial charge in [-0.2, -0.15) is 0 Å². The van der Waals surface area contributed by atoms with Crippen molar-refractivity contribution in [3.63, 3.8) is 0 Å². The quantitative estimate of drug-likeness (QED) is 0.839. The number of aliphatic carboxylic acids is 1. The monoisotopic (exact) mass is 244 g/mol. The summed E-state index contributed by atoms with van der Waals surface area (Å²) in [5.41, 5.74) is 2.98. The van der Waals surface area contributed by atoms with Gasteiger partial charge in [0.2, 0.25) is 11.8 Å². The summed E-state index contributed by atoms with van der Waals surface area (Å²) in [5.74, 6) is -0.490. The van der Waals surface area contributed by atoms with Gasteiger partial charge < -0.3 is 9.52 Å². The summed E-state index contributed by atoms with van der Waals surface area (Å²) < 4.78 is 5.38. The zero-order valence-electron chi connectivity index (χ0n) is 10.0. The van der Waals surface area contributed by atoms with E-state index in [0.717, 1.165) is 22.8 Å². The molecule has 2 rings (SSSR count). The molecule has 0 saturated heterocycles. The van der Waals surface area contributed by atoms with Crippen LogP contribution >= 0.6 is 0 Å². The second-order valence-corrected chi connectivity index (χ2v) is 3.94. The number of carboxylic acid groups (broad SMARTS) is 1. The first-order valence-electron chi connectivity index (χ1n) is 5.38. The van der Waals surface area contributed by atoms with Gasteiger partial charge in [-0.25, -0.2) is 4.79 Å². The Morgan fingerprint density at radius 3 is 2.83 bits per heavy atom. The molecule has 1 N–H and O–H groups in total. The second kappa shape index (κ2) is 4.83. The first-order valence-corrected chi connectivity index (χ1v) is 5.38. The van der Waals surface area contributed by atoms with Crippen LogP contribution in [0.5, 0.6) is 0 Å². The second-order valence-electron chi connectivity index (χ2n) is 3.94. The molecule has 0 saturated carbocycles. The maximum absolute atomic E-state index is 10.4. The highest BCUT2D eigenvalue weighted by molar-refractivity contribution is 5.84. The molecule has 92 valence electrons. The van der Waals surface area contributed by atoms with Crippen LogP contribution in [0.2, 0.25) is 0 Å². The molecule has 0 aliphatic heterocycles. The Morgan fingerprint density at radius 2 is 2.11 bits per heavy atom. The van der Waals surface area contributed by atoms with Crippen LogP contribution in [-0.2, 0) is 4.79 Å². The van der Waals surface area contributed by atoms with E-state index in [0.29, 0.717) is 5.89 Å². The lowest BCUT2D eigenvalue weighted by Gasteiger charge is -2.01. The molecule has 0 bridgehead atoms. The molecule has 0 aliphatic carbocycles. The van der Waals surface area contributed by atoms with Crippen molar-refractivity contribution in [1.29, 1.82) is 0 Å². The van der Waals surface area contributed by atoms with Crippen LogP contribution in [0.1, 0.15) is 17.0 Å². The first kappa shape index (κ1) is 12.0. The SMILES string of the molecule is Cc1ccc(C)c(-c2nnc(/C=C\C(=O)O)o2)c1. The summed E-state index contributed by atoms with van der Waals surface area (Å²) in [5, 5.41) is 16.2. The average molecular weight is 244 g/mol. The number of aromatic nitrogens is 2. The van der Waals surface area contributed by atoms with E-state index in [2.05, 4.69) is 10.2 Å². The van der Waals surface area contributed by atoms with Gasteiger partial charge in [-0.05, 0) is 25.5 Å². The Bertz CT molecular complexity index is 614. The van der Waals surface area contributed by atoms with E-state index in [1.807, 2.05) is 32.0 Å². The molecule has 1 aromatic carbocycles. The van der Waals surface area contributed by atoms with E-state index in [-0.39, 0.29) is 5.89 Å². The highest BCUT2D eigenvalue weighted by Crippen LogP contribution is 2.23. The summed E-state index contributed by atoms with van der Waals surface area (Å²) in [7, 11) is 0. The van der Waals surface area contributed by atoms with Gasteiger partial charge in [0.15, 0.2) is 0 Å². The molecule has 1 aromatic heterocycles. The molecule has 0 unspecified atom stereocenters. The van der Waals surface area contributed by atoms with Gasteiger partial charge in [0.1, 0.15) is 0 Å². The number of carbonyl (C=O) groups is 1. The average Bonchev–Trinajstić information content (AvgIpc) is 2.78. The lowest BCUT2D eigenvalue weighted by atomic mass is 10.1. The summed E-state index contributed by atoms with van der Waals surface area (Å²) in [6, 6.07) is 5.93. The summed E-state index contributed by atoms with van der Waals surface area (Å²) in [6.07, 6.45) is 2.23. The van der Waals surface area contributed by atoms with Crippen molar-refractivity contribution >= 4 is 12.0 Å². The maximum atomic E-state index is 10.4. The van der Waals surface area contributed by atoms with Crippen molar-refractivity contribution in [2.75, 3.05) is 0 Å². The molecule has 2 aromatic rings. The van der Waals surface area contributed by atoms with Gasteiger partial charge in [0.05, 0.1) is 0 Å². The molecule has 0 fully saturated rings. The predicted molar refractivity (Wildman–Crippen MR) is 65.9 cm³/mol. The van der Waals surface area contributed by atoms with Crippen molar-refractivity contribution in [2.24, 2.45) is 0 Å². The van der Waals surface area contributed by atoms with E-state index < -0.39 is 5.97 Å². The van der Waals surface area contributed by atoms with Crippen molar-refractivity contribution in [3.05, 3.63) is 41.3 Å². The minimum absolute atomic E-state index is 0.174. The van der Waals surface area contributed by atoms with Crippen molar-refractivity contribution < 1.29 is 14.3 Å². The fourth-order valence-corrected chi connectivity index (χ4v) is 1.52. The fraction of sp³-hybridized carbons (Fsp3) is 0.154. The molecular weight excluding hydrogens is 232 g/mol. The molecule has 18 heavy (non-hydrogen) atoms. The van der Waals surface area contributed by atoms with Gasteiger partial charge >= 0.3 is 5.97 Å². The van der Waals surface area contributed by atoms with Gasteiger partial charge in [0, 0.05) is 17.7 Å². The Hall–Kier alpha value is -2.43. The summed E-state index contributed by atoms with van der Waals surface area (Å²) >= 11 is 0. The molecule has 0 radical (unpaired) electrons. The third kappa shape index (κ3) is 2.63. The molecule has 1 heterocycles. The Balaban J connectivity index is 2.35. The number of nitrogens with zero attached hydrogens (tertiary/aromatic N) is 2. The van der Waals surface area contributed by atoms with Crippen molar-refractivity contribution in [2.45, 2.75) is 13.8 Å². The van der Waals surface area contributed by atoms with Crippen LogP contribution in [0.4, 0.5) is 0 Å².